The molecule has 3 aromatic rings. The van der Waals surface area contributed by atoms with Crippen molar-refractivity contribution in [1.29, 1.82) is 0 Å². The van der Waals surface area contributed by atoms with E-state index in [9.17, 15) is 4.79 Å². The van der Waals surface area contributed by atoms with Crippen molar-refractivity contribution in [1.82, 2.24) is 14.8 Å². The number of nitrogens with one attached hydrogen (secondary N) is 1. The lowest BCUT2D eigenvalue weighted by atomic mass is 10.2. The minimum atomic E-state index is -0.243. The Kier molecular flexibility index (Phi) is 7.48. The normalized spacial score (nSPS) is 10.6. The van der Waals surface area contributed by atoms with Crippen LogP contribution in [0.25, 0.3) is 0 Å². The molecule has 0 aliphatic rings. The van der Waals surface area contributed by atoms with Gasteiger partial charge in [-0.15, -0.1) is 16.8 Å². The SMILES string of the molecule is C=CCn1c(SCc2ccc(Br)cc2)nnc(Nc2ccc(OCC)cc2)c1=O. The average Bonchev–Trinajstić information content (AvgIpc) is 2.73. The standard InChI is InChI=1S/C21H21BrN4O2S/c1-3-13-26-20(27)19(23-17-9-11-18(12-10-17)28-4-2)24-25-21(26)29-14-15-5-7-16(22)8-6-15/h3,5-12H,1,4,13-14H2,2H3,(H,23,24). The molecule has 3 rings (SSSR count). The topological polar surface area (TPSA) is 69.0 Å². The Morgan fingerprint density at radius 1 is 1.17 bits per heavy atom. The summed E-state index contributed by atoms with van der Waals surface area (Å²) in [6.07, 6.45) is 1.67. The highest BCUT2D eigenvalue weighted by atomic mass is 79.9. The van der Waals surface area contributed by atoms with Crippen LogP contribution in [0.4, 0.5) is 11.5 Å². The van der Waals surface area contributed by atoms with E-state index in [-0.39, 0.29) is 11.4 Å². The predicted molar refractivity (Wildman–Crippen MR) is 121 cm³/mol. The molecule has 1 heterocycles. The van der Waals surface area contributed by atoms with Crippen molar-refractivity contribution in [3.8, 4) is 5.75 Å². The zero-order valence-electron chi connectivity index (χ0n) is 16.0. The minimum absolute atomic E-state index is 0.170. The maximum atomic E-state index is 12.9. The van der Waals surface area contributed by atoms with Crippen LogP contribution in [-0.4, -0.2) is 21.4 Å². The highest BCUT2D eigenvalue weighted by Gasteiger charge is 2.12. The van der Waals surface area contributed by atoms with Crippen LogP contribution in [-0.2, 0) is 12.3 Å². The molecule has 0 aliphatic heterocycles. The predicted octanol–water partition coefficient (Wildman–Crippen LogP) is 5.02. The monoisotopic (exact) mass is 472 g/mol. The van der Waals surface area contributed by atoms with Gasteiger partial charge in [0.25, 0.3) is 5.56 Å². The van der Waals surface area contributed by atoms with Crippen molar-refractivity contribution in [2.75, 3.05) is 11.9 Å². The fourth-order valence-electron chi connectivity index (χ4n) is 2.55. The molecule has 29 heavy (non-hydrogen) atoms. The van der Waals surface area contributed by atoms with E-state index in [0.29, 0.717) is 24.1 Å². The van der Waals surface area contributed by atoms with Gasteiger partial charge in [-0.2, -0.15) is 0 Å². The molecule has 0 bridgehead atoms. The number of rotatable bonds is 9. The van der Waals surface area contributed by atoms with Crippen LogP contribution < -0.4 is 15.6 Å². The van der Waals surface area contributed by atoms with E-state index < -0.39 is 0 Å². The Bertz CT molecular complexity index is 1020. The van der Waals surface area contributed by atoms with Gasteiger partial charge in [-0.1, -0.05) is 45.9 Å². The molecule has 0 unspecified atom stereocenters. The first-order chi connectivity index (χ1) is 14.1. The van der Waals surface area contributed by atoms with Crippen LogP contribution in [0.15, 0.2) is 75.6 Å². The Hall–Kier alpha value is -2.58. The molecule has 0 saturated carbocycles. The Balaban J connectivity index is 1.79. The molecule has 150 valence electrons. The van der Waals surface area contributed by atoms with Crippen molar-refractivity contribution in [3.05, 3.63) is 81.6 Å². The lowest BCUT2D eigenvalue weighted by Crippen LogP contribution is -2.26. The second-order valence-corrected chi connectivity index (χ2v) is 7.89. The Morgan fingerprint density at radius 3 is 2.55 bits per heavy atom. The minimum Gasteiger partial charge on any atom is -0.494 e. The van der Waals surface area contributed by atoms with Crippen molar-refractivity contribution in [3.63, 3.8) is 0 Å². The number of ether oxygens (including phenoxy) is 1. The number of hydrogen-bond donors (Lipinski definition) is 1. The summed E-state index contributed by atoms with van der Waals surface area (Å²) < 4.78 is 8.03. The highest BCUT2D eigenvalue weighted by Crippen LogP contribution is 2.22. The van der Waals surface area contributed by atoms with Gasteiger partial charge < -0.3 is 10.1 Å². The lowest BCUT2D eigenvalue weighted by molar-refractivity contribution is 0.340. The second-order valence-electron chi connectivity index (χ2n) is 6.03. The molecular weight excluding hydrogens is 452 g/mol. The zero-order chi connectivity index (χ0) is 20.6. The third kappa shape index (κ3) is 5.71. The third-order valence-corrected chi connectivity index (χ3v) is 5.50. The molecule has 0 saturated heterocycles. The van der Waals surface area contributed by atoms with Gasteiger partial charge >= 0.3 is 0 Å². The number of anilines is 2. The lowest BCUT2D eigenvalue weighted by Gasteiger charge is -2.12. The molecule has 2 aromatic carbocycles. The molecule has 1 aromatic heterocycles. The first-order valence-corrected chi connectivity index (χ1v) is 10.8. The number of allylic oxidation sites excluding steroid dienone is 1. The van der Waals surface area contributed by atoms with Crippen LogP contribution in [0.1, 0.15) is 12.5 Å². The van der Waals surface area contributed by atoms with Gasteiger partial charge in [-0.3, -0.25) is 9.36 Å². The number of thioether (sulfide) groups is 1. The smallest absolute Gasteiger partial charge is 0.297 e. The van der Waals surface area contributed by atoms with Gasteiger partial charge in [-0.25, -0.2) is 0 Å². The molecule has 0 fully saturated rings. The van der Waals surface area contributed by atoms with Crippen molar-refractivity contribution >= 4 is 39.2 Å². The molecule has 1 N–H and O–H groups in total. The quantitative estimate of drug-likeness (QED) is 0.348. The average molecular weight is 473 g/mol. The third-order valence-electron chi connectivity index (χ3n) is 3.94. The molecule has 0 atom stereocenters. The second kappa shape index (κ2) is 10.3. The zero-order valence-corrected chi connectivity index (χ0v) is 18.4. The van der Waals surface area contributed by atoms with Crippen LogP contribution in [0.3, 0.4) is 0 Å². The molecular formula is C21H21BrN4O2S. The molecule has 0 radical (unpaired) electrons. The first kappa shape index (κ1) is 21.1. The Morgan fingerprint density at radius 2 is 1.90 bits per heavy atom. The maximum Gasteiger partial charge on any atom is 0.297 e. The Labute approximate surface area is 182 Å². The van der Waals surface area contributed by atoms with Gasteiger partial charge in [0.05, 0.1) is 6.61 Å². The van der Waals surface area contributed by atoms with E-state index in [1.165, 1.54) is 11.8 Å². The fraction of sp³-hybridized carbons (Fsp3) is 0.190. The molecule has 8 heteroatoms. The maximum absolute atomic E-state index is 12.9. The highest BCUT2D eigenvalue weighted by molar-refractivity contribution is 9.10. The summed E-state index contributed by atoms with van der Waals surface area (Å²) >= 11 is 4.89. The van der Waals surface area contributed by atoms with Crippen molar-refractivity contribution in [2.45, 2.75) is 24.4 Å². The molecule has 6 nitrogen and oxygen atoms in total. The van der Waals surface area contributed by atoms with Crippen LogP contribution >= 0.6 is 27.7 Å². The van der Waals surface area contributed by atoms with Gasteiger partial charge in [0.1, 0.15) is 5.75 Å². The van der Waals surface area contributed by atoms with Gasteiger partial charge in [0, 0.05) is 22.5 Å². The van der Waals surface area contributed by atoms with Crippen molar-refractivity contribution in [2.24, 2.45) is 0 Å². The van der Waals surface area contributed by atoms with Crippen LogP contribution in [0, 0.1) is 0 Å². The van der Waals surface area contributed by atoms with Crippen molar-refractivity contribution < 1.29 is 4.74 Å². The summed E-state index contributed by atoms with van der Waals surface area (Å²) in [4.78, 5) is 12.9. The van der Waals surface area contributed by atoms with E-state index in [4.69, 9.17) is 4.74 Å². The summed E-state index contributed by atoms with van der Waals surface area (Å²) in [7, 11) is 0. The number of nitrogens with zero attached hydrogens (tertiary/aromatic N) is 3. The summed E-state index contributed by atoms with van der Waals surface area (Å²) in [5.74, 6) is 1.63. The van der Waals surface area contributed by atoms with E-state index in [0.717, 1.165) is 21.5 Å². The summed E-state index contributed by atoms with van der Waals surface area (Å²) in [6, 6.07) is 15.4. The van der Waals surface area contributed by atoms with Gasteiger partial charge in [0.2, 0.25) is 5.82 Å². The van der Waals surface area contributed by atoms with Crippen LogP contribution in [0.5, 0.6) is 5.75 Å². The van der Waals surface area contributed by atoms with Crippen LogP contribution in [0.2, 0.25) is 0 Å². The van der Waals surface area contributed by atoms with Gasteiger partial charge in [-0.05, 0) is 48.9 Å². The van der Waals surface area contributed by atoms with E-state index >= 15 is 0 Å². The summed E-state index contributed by atoms with van der Waals surface area (Å²) in [6.45, 7) is 6.64. The number of halogens is 1. The van der Waals surface area contributed by atoms with E-state index in [1.54, 1.807) is 10.6 Å². The first-order valence-electron chi connectivity index (χ1n) is 9.06. The number of hydrogen-bond acceptors (Lipinski definition) is 6. The van der Waals surface area contributed by atoms with E-state index in [2.05, 4.69) is 38.0 Å². The molecule has 0 aliphatic carbocycles. The van der Waals surface area contributed by atoms with Gasteiger partial charge in [0.15, 0.2) is 5.16 Å². The molecule has 0 amide bonds. The summed E-state index contributed by atoms with van der Waals surface area (Å²) in [5, 5.41) is 12.0. The molecule has 0 spiro atoms. The fourth-order valence-corrected chi connectivity index (χ4v) is 3.71. The number of benzene rings is 2. The van der Waals surface area contributed by atoms with E-state index in [1.807, 2.05) is 55.5 Å². The largest absolute Gasteiger partial charge is 0.494 e. The summed E-state index contributed by atoms with van der Waals surface area (Å²) in [5.41, 5.74) is 1.63. The number of aromatic nitrogens is 3.